The number of hydrogen-bond acceptors (Lipinski definition) is 3. The Labute approximate surface area is 169 Å². The monoisotopic (exact) mass is 437 g/mol. The molecule has 140 valence electrons. The first-order chi connectivity index (χ1) is 13.5. The maximum atomic E-state index is 12.6. The molecule has 1 aliphatic rings. The molecule has 7 heteroatoms. The van der Waals surface area contributed by atoms with Crippen molar-refractivity contribution < 1.29 is 14.4 Å². The van der Waals surface area contributed by atoms with E-state index in [9.17, 15) is 14.4 Å². The van der Waals surface area contributed by atoms with Crippen molar-refractivity contribution in [2.75, 3.05) is 23.3 Å². The van der Waals surface area contributed by atoms with Crippen LogP contribution in [0.4, 0.5) is 16.2 Å². The standard InChI is InChI=1S/C21H16BrN3O3/c22-16-6-9-18(10-7-16)25-20(27)13-24(21(25)28)12-19(26)23-17-8-5-14-3-1-2-4-15(14)11-17/h1-11H,12-13H2,(H,23,26). The van der Waals surface area contributed by atoms with Crippen LogP contribution in [0.3, 0.4) is 0 Å². The van der Waals surface area contributed by atoms with Crippen molar-refractivity contribution in [3.63, 3.8) is 0 Å². The van der Waals surface area contributed by atoms with Crippen LogP contribution < -0.4 is 10.2 Å². The van der Waals surface area contributed by atoms with E-state index in [1.165, 1.54) is 4.90 Å². The van der Waals surface area contributed by atoms with E-state index in [-0.39, 0.29) is 24.9 Å². The highest BCUT2D eigenvalue weighted by molar-refractivity contribution is 9.10. The topological polar surface area (TPSA) is 69.7 Å². The molecule has 1 saturated heterocycles. The van der Waals surface area contributed by atoms with Crippen molar-refractivity contribution in [1.29, 1.82) is 0 Å². The van der Waals surface area contributed by atoms with Crippen LogP contribution in [0, 0.1) is 0 Å². The van der Waals surface area contributed by atoms with Gasteiger partial charge < -0.3 is 10.2 Å². The maximum absolute atomic E-state index is 12.6. The first-order valence-corrected chi connectivity index (χ1v) is 9.47. The molecule has 0 spiro atoms. The molecular formula is C21H16BrN3O3. The highest BCUT2D eigenvalue weighted by Gasteiger charge is 2.37. The van der Waals surface area contributed by atoms with E-state index in [4.69, 9.17) is 0 Å². The number of amides is 4. The molecule has 0 saturated carbocycles. The van der Waals surface area contributed by atoms with Gasteiger partial charge in [0.1, 0.15) is 13.1 Å². The van der Waals surface area contributed by atoms with Gasteiger partial charge in [0.05, 0.1) is 5.69 Å². The number of urea groups is 1. The van der Waals surface area contributed by atoms with Crippen LogP contribution in [0.2, 0.25) is 0 Å². The molecule has 0 bridgehead atoms. The number of nitrogens with zero attached hydrogens (tertiary/aromatic N) is 2. The highest BCUT2D eigenvalue weighted by atomic mass is 79.9. The Bertz CT molecular complexity index is 1080. The molecule has 0 radical (unpaired) electrons. The fraction of sp³-hybridized carbons (Fsp3) is 0.0952. The summed E-state index contributed by atoms with van der Waals surface area (Å²) >= 11 is 3.32. The third-order valence-corrected chi connectivity index (χ3v) is 5.02. The van der Waals surface area contributed by atoms with Crippen molar-refractivity contribution in [3.8, 4) is 0 Å². The van der Waals surface area contributed by atoms with E-state index in [1.807, 2.05) is 42.5 Å². The fourth-order valence-corrected chi connectivity index (χ4v) is 3.42. The molecule has 3 aromatic rings. The number of carbonyl (C=O) groups is 3. The van der Waals surface area contributed by atoms with Gasteiger partial charge in [0, 0.05) is 10.2 Å². The highest BCUT2D eigenvalue weighted by Crippen LogP contribution is 2.24. The van der Waals surface area contributed by atoms with Gasteiger partial charge >= 0.3 is 6.03 Å². The summed E-state index contributed by atoms with van der Waals surface area (Å²) in [4.78, 5) is 39.6. The third kappa shape index (κ3) is 3.61. The van der Waals surface area contributed by atoms with Gasteiger partial charge in [0.25, 0.3) is 5.91 Å². The molecule has 1 aliphatic heterocycles. The molecular weight excluding hydrogens is 422 g/mol. The zero-order valence-electron chi connectivity index (χ0n) is 14.8. The minimum absolute atomic E-state index is 0.125. The summed E-state index contributed by atoms with van der Waals surface area (Å²) in [6.07, 6.45) is 0. The van der Waals surface area contributed by atoms with Gasteiger partial charge in [-0.2, -0.15) is 0 Å². The molecule has 6 nitrogen and oxygen atoms in total. The Morgan fingerprint density at radius 3 is 2.43 bits per heavy atom. The van der Waals surface area contributed by atoms with Crippen molar-refractivity contribution >= 4 is 55.9 Å². The number of imide groups is 1. The van der Waals surface area contributed by atoms with Gasteiger partial charge in [-0.25, -0.2) is 9.69 Å². The average molecular weight is 438 g/mol. The summed E-state index contributed by atoms with van der Waals surface area (Å²) in [5.74, 6) is -0.708. The molecule has 0 aromatic heterocycles. The van der Waals surface area contributed by atoms with Gasteiger partial charge in [0.15, 0.2) is 0 Å². The summed E-state index contributed by atoms with van der Waals surface area (Å²) in [6.45, 7) is -0.315. The first kappa shape index (κ1) is 18.2. The van der Waals surface area contributed by atoms with Gasteiger partial charge in [-0.15, -0.1) is 0 Å². The molecule has 28 heavy (non-hydrogen) atoms. The SMILES string of the molecule is O=C(CN1CC(=O)N(c2ccc(Br)cc2)C1=O)Nc1ccc2ccccc2c1. The van der Waals surface area contributed by atoms with Crippen molar-refractivity contribution in [1.82, 2.24) is 4.90 Å². The van der Waals surface area contributed by atoms with E-state index < -0.39 is 6.03 Å². The quantitative estimate of drug-likeness (QED) is 0.626. The number of anilines is 2. The van der Waals surface area contributed by atoms with E-state index in [2.05, 4.69) is 21.2 Å². The van der Waals surface area contributed by atoms with Crippen LogP contribution in [0.1, 0.15) is 0 Å². The van der Waals surface area contributed by atoms with E-state index in [0.717, 1.165) is 20.1 Å². The van der Waals surface area contributed by atoms with Crippen LogP contribution in [-0.2, 0) is 9.59 Å². The second kappa shape index (κ2) is 7.44. The number of fused-ring (bicyclic) bond motifs is 1. The predicted molar refractivity (Wildman–Crippen MR) is 111 cm³/mol. The average Bonchev–Trinajstić information content (AvgIpc) is 2.95. The Balaban J connectivity index is 1.44. The second-order valence-corrected chi connectivity index (χ2v) is 7.37. The zero-order valence-corrected chi connectivity index (χ0v) is 16.3. The number of benzene rings is 3. The molecule has 0 atom stereocenters. The largest absolute Gasteiger partial charge is 0.332 e. The van der Waals surface area contributed by atoms with E-state index in [1.54, 1.807) is 24.3 Å². The van der Waals surface area contributed by atoms with Crippen LogP contribution in [0.15, 0.2) is 71.2 Å². The predicted octanol–water partition coefficient (Wildman–Crippen LogP) is 4.01. The third-order valence-electron chi connectivity index (χ3n) is 4.49. The molecule has 1 heterocycles. The smallest absolute Gasteiger partial charge is 0.325 e. The lowest BCUT2D eigenvalue weighted by atomic mass is 10.1. The molecule has 4 amide bonds. The normalized spacial score (nSPS) is 14.0. The van der Waals surface area contributed by atoms with Crippen molar-refractivity contribution in [2.45, 2.75) is 0 Å². The summed E-state index contributed by atoms with van der Waals surface area (Å²) < 4.78 is 0.849. The molecule has 1 N–H and O–H groups in total. The summed E-state index contributed by atoms with van der Waals surface area (Å²) in [6, 6.07) is 19.8. The van der Waals surface area contributed by atoms with Crippen LogP contribution in [-0.4, -0.2) is 35.8 Å². The lowest BCUT2D eigenvalue weighted by Gasteiger charge is -2.17. The summed E-state index contributed by atoms with van der Waals surface area (Å²) in [7, 11) is 0. The van der Waals surface area contributed by atoms with Crippen LogP contribution in [0.5, 0.6) is 0 Å². The number of hydrogen-bond donors (Lipinski definition) is 1. The van der Waals surface area contributed by atoms with Crippen LogP contribution >= 0.6 is 15.9 Å². The van der Waals surface area contributed by atoms with E-state index in [0.29, 0.717) is 11.4 Å². The Kier molecular flexibility index (Phi) is 4.83. The van der Waals surface area contributed by atoms with Crippen LogP contribution in [0.25, 0.3) is 10.8 Å². The van der Waals surface area contributed by atoms with Gasteiger partial charge in [0.2, 0.25) is 5.91 Å². The minimum atomic E-state index is -0.499. The van der Waals surface area contributed by atoms with E-state index >= 15 is 0 Å². The second-order valence-electron chi connectivity index (χ2n) is 6.45. The zero-order chi connectivity index (χ0) is 19.7. The fourth-order valence-electron chi connectivity index (χ4n) is 3.16. The Morgan fingerprint density at radius 1 is 0.964 bits per heavy atom. The molecule has 4 rings (SSSR count). The van der Waals surface area contributed by atoms with Crippen molar-refractivity contribution in [2.24, 2.45) is 0 Å². The lowest BCUT2D eigenvalue weighted by molar-refractivity contribution is -0.118. The van der Waals surface area contributed by atoms with Gasteiger partial charge in [-0.3, -0.25) is 9.59 Å². The number of nitrogens with one attached hydrogen (secondary N) is 1. The molecule has 1 fully saturated rings. The van der Waals surface area contributed by atoms with Gasteiger partial charge in [-0.1, -0.05) is 46.3 Å². The number of halogens is 1. The minimum Gasteiger partial charge on any atom is -0.325 e. The Hall–Kier alpha value is -3.19. The Morgan fingerprint density at radius 2 is 1.68 bits per heavy atom. The lowest BCUT2D eigenvalue weighted by Crippen LogP contribution is -2.37. The first-order valence-electron chi connectivity index (χ1n) is 8.67. The summed E-state index contributed by atoms with van der Waals surface area (Å²) in [5.41, 5.74) is 1.13. The summed E-state index contributed by atoms with van der Waals surface area (Å²) in [5, 5.41) is 4.87. The molecule has 0 unspecified atom stereocenters. The number of carbonyl (C=O) groups excluding carboxylic acids is 3. The van der Waals surface area contributed by atoms with Gasteiger partial charge in [-0.05, 0) is 47.2 Å². The maximum Gasteiger partial charge on any atom is 0.332 e. The van der Waals surface area contributed by atoms with Crippen molar-refractivity contribution in [3.05, 3.63) is 71.2 Å². The molecule has 3 aromatic carbocycles. The molecule has 0 aliphatic carbocycles. The number of rotatable bonds is 4.